The van der Waals surface area contributed by atoms with Crippen molar-refractivity contribution in [2.75, 3.05) is 19.1 Å². The van der Waals surface area contributed by atoms with Gasteiger partial charge in [0.2, 0.25) is 0 Å². The lowest BCUT2D eigenvalue weighted by molar-refractivity contribution is 0.414. The van der Waals surface area contributed by atoms with E-state index in [1.54, 1.807) is 7.11 Å². The van der Waals surface area contributed by atoms with Crippen molar-refractivity contribution in [3.8, 4) is 5.75 Å². The van der Waals surface area contributed by atoms with Crippen molar-refractivity contribution in [2.24, 2.45) is 0 Å². The fourth-order valence-corrected chi connectivity index (χ4v) is 2.59. The quantitative estimate of drug-likeness (QED) is 0.737. The van der Waals surface area contributed by atoms with E-state index in [0.29, 0.717) is 0 Å². The van der Waals surface area contributed by atoms with Crippen LogP contribution in [0.2, 0.25) is 0 Å². The zero-order valence-electron chi connectivity index (χ0n) is 13.1. The van der Waals surface area contributed by atoms with E-state index in [4.69, 9.17) is 4.74 Å². The third-order valence-corrected chi connectivity index (χ3v) is 3.79. The molecule has 0 radical (unpaired) electrons. The third kappa shape index (κ3) is 2.72. The molecule has 0 saturated heterocycles. The molecule has 0 amide bonds. The summed E-state index contributed by atoms with van der Waals surface area (Å²) in [5, 5.41) is 11.0. The van der Waals surface area contributed by atoms with Gasteiger partial charge in [0.1, 0.15) is 5.75 Å². The van der Waals surface area contributed by atoms with Crippen LogP contribution in [0.15, 0.2) is 48.5 Å². The number of methoxy groups -OCH3 is 1. The summed E-state index contributed by atoms with van der Waals surface area (Å²) in [5.74, 6) is 1.77. The van der Waals surface area contributed by atoms with Crippen molar-refractivity contribution in [3.63, 3.8) is 0 Å². The van der Waals surface area contributed by atoms with Crippen LogP contribution in [0.4, 0.5) is 5.82 Å². The van der Waals surface area contributed by atoms with Crippen LogP contribution in [0, 0.1) is 6.92 Å². The molecule has 0 unspecified atom stereocenters. The molecule has 1 heterocycles. The van der Waals surface area contributed by atoms with Crippen LogP contribution in [-0.2, 0) is 6.54 Å². The maximum atomic E-state index is 5.19. The molecule has 0 N–H and O–H groups in total. The summed E-state index contributed by atoms with van der Waals surface area (Å²) >= 11 is 0. The molecule has 0 spiro atoms. The van der Waals surface area contributed by atoms with E-state index in [1.165, 1.54) is 5.56 Å². The number of rotatable bonds is 4. The maximum Gasteiger partial charge on any atom is 0.159 e. The Balaban J connectivity index is 1.91. The number of fused-ring (bicyclic) bond motifs is 1. The second kappa shape index (κ2) is 6.02. The van der Waals surface area contributed by atoms with Crippen molar-refractivity contribution in [3.05, 3.63) is 59.8 Å². The first-order valence-corrected chi connectivity index (χ1v) is 7.25. The van der Waals surface area contributed by atoms with Gasteiger partial charge < -0.3 is 9.64 Å². The zero-order chi connectivity index (χ0) is 15.5. The molecular formula is C18H19N3O. The lowest BCUT2D eigenvalue weighted by atomic mass is 10.1. The van der Waals surface area contributed by atoms with E-state index >= 15 is 0 Å². The van der Waals surface area contributed by atoms with Gasteiger partial charge in [0.25, 0.3) is 0 Å². The van der Waals surface area contributed by atoms with E-state index in [1.807, 2.05) is 38.2 Å². The molecule has 0 fully saturated rings. The summed E-state index contributed by atoms with van der Waals surface area (Å²) in [6.45, 7) is 2.76. The van der Waals surface area contributed by atoms with E-state index in [0.717, 1.165) is 34.6 Å². The average molecular weight is 293 g/mol. The predicted molar refractivity (Wildman–Crippen MR) is 89.4 cm³/mol. The molecule has 0 aliphatic rings. The van der Waals surface area contributed by atoms with Gasteiger partial charge in [-0.25, -0.2) is 0 Å². The Morgan fingerprint density at radius 3 is 2.32 bits per heavy atom. The monoisotopic (exact) mass is 293 g/mol. The number of benzene rings is 2. The van der Waals surface area contributed by atoms with Gasteiger partial charge in [-0.1, -0.05) is 36.4 Å². The highest BCUT2D eigenvalue weighted by Crippen LogP contribution is 2.25. The summed E-state index contributed by atoms with van der Waals surface area (Å²) in [4.78, 5) is 2.12. The highest BCUT2D eigenvalue weighted by Gasteiger charge is 2.11. The summed E-state index contributed by atoms with van der Waals surface area (Å²) < 4.78 is 5.19. The minimum Gasteiger partial charge on any atom is -0.497 e. The number of aryl methyl sites for hydroxylation is 1. The van der Waals surface area contributed by atoms with Crippen LogP contribution in [-0.4, -0.2) is 24.4 Å². The van der Waals surface area contributed by atoms with Crippen molar-refractivity contribution in [1.29, 1.82) is 0 Å². The fourth-order valence-electron chi connectivity index (χ4n) is 2.59. The van der Waals surface area contributed by atoms with E-state index in [-0.39, 0.29) is 0 Å². The van der Waals surface area contributed by atoms with Crippen LogP contribution in [0.3, 0.4) is 0 Å². The van der Waals surface area contributed by atoms with Gasteiger partial charge in [-0.3, -0.25) is 0 Å². The third-order valence-electron chi connectivity index (χ3n) is 3.79. The lowest BCUT2D eigenvalue weighted by Gasteiger charge is -2.20. The van der Waals surface area contributed by atoms with E-state index < -0.39 is 0 Å². The molecule has 3 aromatic rings. The molecule has 0 atom stereocenters. The highest BCUT2D eigenvalue weighted by molar-refractivity contribution is 5.93. The first-order chi connectivity index (χ1) is 10.7. The fraction of sp³-hybridized carbons (Fsp3) is 0.222. The molecule has 0 aliphatic carbocycles. The Morgan fingerprint density at radius 1 is 0.955 bits per heavy atom. The molecule has 112 valence electrons. The van der Waals surface area contributed by atoms with Crippen LogP contribution < -0.4 is 9.64 Å². The highest BCUT2D eigenvalue weighted by atomic mass is 16.5. The predicted octanol–water partition coefficient (Wildman–Crippen LogP) is 3.58. The van der Waals surface area contributed by atoms with Gasteiger partial charge in [0, 0.05) is 24.4 Å². The number of hydrogen-bond donors (Lipinski definition) is 0. The van der Waals surface area contributed by atoms with Gasteiger partial charge in [-0.05, 0) is 24.6 Å². The minimum absolute atomic E-state index is 0.770. The Kier molecular flexibility index (Phi) is 3.92. The standard InChI is InChI=1S/C18H19N3O/c1-13-16-6-4-5-7-17(16)18(20-19-13)21(2)12-14-8-10-15(22-3)11-9-14/h4-11H,12H2,1-3H3. The number of hydrogen-bond acceptors (Lipinski definition) is 4. The molecule has 4 heteroatoms. The van der Waals surface area contributed by atoms with Crippen LogP contribution in [0.1, 0.15) is 11.3 Å². The summed E-state index contributed by atoms with van der Waals surface area (Å²) in [6, 6.07) is 16.3. The zero-order valence-corrected chi connectivity index (χ0v) is 13.1. The van der Waals surface area contributed by atoms with Gasteiger partial charge in [0.15, 0.2) is 5.82 Å². The van der Waals surface area contributed by atoms with Gasteiger partial charge in [0.05, 0.1) is 12.8 Å². The van der Waals surface area contributed by atoms with Crippen molar-refractivity contribution in [1.82, 2.24) is 10.2 Å². The average Bonchev–Trinajstić information content (AvgIpc) is 2.56. The van der Waals surface area contributed by atoms with Gasteiger partial charge in [-0.15, -0.1) is 5.10 Å². The molecule has 3 rings (SSSR count). The van der Waals surface area contributed by atoms with Crippen molar-refractivity contribution in [2.45, 2.75) is 13.5 Å². The van der Waals surface area contributed by atoms with E-state index in [2.05, 4.69) is 39.4 Å². The van der Waals surface area contributed by atoms with Gasteiger partial charge >= 0.3 is 0 Å². The lowest BCUT2D eigenvalue weighted by Crippen LogP contribution is -2.18. The maximum absolute atomic E-state index is 5.19. The van der Waals surface area contributed by atoms with Crippen LogP contribution >= 0.6 is 0 Å². The number of ether oxygens (including phenoxy) is 1. The van der Waals surface area contributed by atoms with Crippen molar-refractivity contribution < 1.29 is 4.74 Å². The molecule has 0 aliphatic heterocycles. The number of aromatic nitrogens is 2. The number of nitrogens with zero attached hydrogens (tertiary/aromatic N) is 3. The van der Waals surface area contributed by atoms with Crippen LogP contribution in [0.5, 0.6) is 5.75 Å². The molecular weight excluding hydrogens is 274 g/mol. The van der Waals surface area contributed by atoms with Crippen molar-refractivity contribution >= 4 is 16.6 Å². The second-order valence-electron chi connectivity index (χ2n) is 5.36. The Bertz CT molecular complexity index is 784. The Morgan fingerprint density at radius 2 is 1.64 bits per heavy atom. The SMILES string of the molecule is COc1ccc(CN(C)c2nnc(C)c3ccccc23)cc1. The smallest absolute Gasteiger partial charge is 0.159 e. The molecule has 4 nitrogen and oxygen atoms in total. The summed E-state index contributed by atoms with van der Waals surface area (Å²) in [7, 11) is 3.71. The molecule has 1 aromatic heterocycles. The molecule has 22 heavy (non-hydrogen) atoms. The molecule has 0 bridgehead atoms. The Hall–Kier alpha value is -2.62. The Labute approximate surface area is 130 Å². The van der Waals surface area contributed by atoms with E-state index in [9.17, 15) is 0 Å². The molecule has 2 aromatic carbocycles. The summed E-state index contributed by atoms with van der Waals surface area (Å²) in [5.41, 5.74) is 2.16. The topological polar surface area (TPSA) is 38.2 Å². The normalized spacial score (nSPS) is 10.7. The summed E-state index contributed by atoms with van der Waals surface area (Å²) in [6.07, 6.45) is 0. The first-order valence-electron chi connectivity index (χ1n) is 7.25. The number of anilines is 1. The van der Waals surface area contributed by atoms with Crippen LogP contribution in [0.25, 0.3) is 10.8 Å². The first kappa shape index (κ1) is 14.3. The second-order valence-corrected chi connectivity index (χ2v) is 5.36. The van der Waals surface area contributed by atoms with Gasteiger partial charge in [-0.2, -0.15) is 5.10 Å². The minimum atomic E-state index is 0.770. The molecule has 0 saturated carbocycles. The largest absolute Gasteiger partial charge is 0.497 e.